The molecule has 1 heterocycles. The first-order valence-electron chi connectivity index (χ1n) is 5.57. The molecule has 0 unspecified atom stereocenters. The molecule has 0 aliphatic rings. The van der Waals surface area contributed by atoms with E-state index in [1.165, 1.54) is 18.3 Å². The van der Waals surface area contributed by atoms with E-state index in [1.807, 2.05) is 0 Å². The van der Waals surface area contributed by atoms with Gasteiger partial charge in [0.2, 0.25) is 5.91 Å². The Kier molecular flexibility index (Phi) is 5.79. The minimum absolute atomic E-state index is 0.102. The van der Waals surface area contributed by atoms with Gasteiger partial charge in [0.15, 0.2) is 0 Å². The number of rotatable bonds is 7. The monoisotopic (exact) mass is 252 g/mol. The minimum atomic E-state index is -1.01. The molecule has 6 nitrogen and oxygen atoms in total. The second-order valence-electron chi connectivity index (χ2n) is 3.71. The van der Waals surface area contributed by atoms with E-state index in [4.69, 9.17) is 9.84 Å². The highest BCUT2D eigenvalue weighted by Gasteiger charge is 2.05. The Morgan fingerprint density at radius 3 is 2.94 bits per heavy atom. The standard InChI is InChI=1S/C12H16N2O4/c1-18-6-2-3-11(15)14-8-10-7-9(12(16)17)4-5-13-10/h4-5,7H,2-3,6,8H2,1H3,(H,14,15)(H,16,17). The Bertz CT molecular complexity index is 420. The van der Waals surface area contributed by atoms with Gasteiger partial charge < -0.3 is 15.2 Å². The van der Waals surface area contributed by atoms with E-state index >= 15 is 0 Å². The number of carboxylic acids is 1. The first-order chi connectivity index (χ1) is 8.63. The zero-order chi connectivity index (χ0) is 13.4. The van der Waals surface area contributed by atoms with Crippen molar-refractivity contribution < 1.29 is 19.4 Å². The number of amides is 1. The van der Waals surface area contributed by atoms with Crippen LogP contribution in [0.3, 0.4) is 0 Å². The average molecular weight is 252 g/mol. The highest BCUT2D eigenvalue weighted by molar-refractivity contribution is 5.87. The van der Waals surface area contributed by atoms with Gasteiger partial charge in [-0.1, -0.05) is 0 Å². The third-order valence-electron chi connectivity index (χ3n) is 2.28. The Balaban J connectivity index is 2.41. The molecular formula is C12H16N2O4. The number of aromatic nitrogens is 1. The summed E-state index contributed by atoms with van der Waals surface area (Å²) in [5.41, 5.74) is 0.684. The first-order valence-corrected chi connectivity index (χ1v) is 5.57. The number of ether oxygens (including phenoxy) is 1. The zero-order valence-corrected chi connectivity index (χ0v) is 10.2. The molecular weight excluding hydrogens is 236 g/mol. The molecule has 0 spiro atoms. The van der Waals surface area contributed by atoms with E-state index in [1.54, 1.807) is 7.11 Å². The van der Waals surface area contributed by atoms with Crippen LogP contribution in [-0.2, 0) is 16.1 Å². The summed E-state index contributed by atoms with van der Waals surface area (Å²) in [7, 11) is 1.58. The van der Waals surface area contributed by atoms with Gasteiger partial charge in [0.05, 0.1) is 17.8 Å². The van der Waals surface area contributed by atoms with Gasteiger partial charge in [-0.05, 0) is 18.6 Å². The molecule has 0 radical (unpaired) electrons. The molecule has 1 rings (SSSR count). The number of pyridine rings is 1. The summed E-state index contributed by atoms with van der Waals surface area (Å²) >= 11 is 0. The normalized spacial score (nSPS) is 10.1. The van der Waals surface area contributed by atoms with Gasteiger partial charge in [-0.25, -0.2) is 4.79 Å². The summed E-state index contributed by atoms with van der Waals surface area (Å²) in [6.45, 7) is 0.771. The zero-order valence-electron chi connectivity index (χ0n) is 10.2. The molecule has 0 saturated heterocycles. The predicted octanol–water partition coefficient (Wildman–Crippen LogP) is 0.823. The van der Waals surface area contributed by atoms with E-state index in [2.05, 4.69) is 10.3 Å². The summed E-state index contributed by atoms with van der Waals surface area (Å²) in [5, 5.41) is 11.5. The molecule has 0 aliphatic heterocycles. The number of carbonyl (C=O) groups is 2. The number of aromatic carboxylic acids is 1. The molecule has 18 heavy (non-hydrogen) atoms. The smallest absolute Gasteiger partial charge is 0.335 e. The van der Waals surface area contributed by atoms with Crippen LogP contribution in [-0.4, -0.2) is 35.7 Å². The van der Waals surface area contributed by atoms with Crippen LogP contribution in [0.15, 0.2) is 18.3 Å². The van der Waals surface area contributed by atoms with Gasteiger partial charge >= 0.3 is 5.97 Å². The summed E-state index contributed by atoms with van der Waals surface area (Å²) in [5.74, 6) is -1.11. The molecule has 1 aromatic rings. The SMILES string of the molecule is COCCCC(=O)NCc1cc(C(=O)O)ccn1. The average Bonchev–Trinajstić information content (AvgIpc) is 2.37. The fourth-order valence-corrected chi connectivity index (χ4v) is 1.36. The van der Waals surface area contributed by atoms with Gasteiger partial charge in [-0.2, -0.15) is 0 Å². The van der Waals surface area contributed by atoms with Crippen molar-refractivity contribution in [2.75, 3.05) is 13.7 Å². The van der Waals surface area contributed by atoms with E-state index < -0.39 is 5.97 Å². The van der Waals surface area contributed by atoms with Crippen molar-refractivity contribution in [3.05, 3.63) is 29.6 Å². The fourth-order valence-electron chi connectivity index (χ4n) is 1.36. The predicted molar refractivity (Wildman–Crippen MR) is 64.2 cm³/mol. The summed E-state index contributed by atoms with van der Waals surface area (Å²) < 4.78 is 4.84. The summed E-state index contributed by atoms with van der Waals surface area (Å²) in [6.07, 6.45) is 2.45. The van der Waals surface area contributed by atoms with Crippen molar-refractivity contribution in [3.63, 3.8) is 0 Å². The lowest BCUT2D eigenvalue weighted by Crippen LogP contribution is -2.23. The molecule has 0 bridgehead atoms. The van der Waals surface area contributed by atoms with Crippen LogP contribution in [0.25, 0.3) is 0 Å². The Labute approximate surface area is 105 Å². The van der Waals surface area contributed by atoms with Crippen LogP contribution in [0.5, 0.6) is 0 Å². The lowest BCUT2D eigenvalue weighted by molar-refractivity contribution is -0.121. The second kappa shape index (κ2) is 7.39. The molecule has 98 valence electrons. The maximum absolute atomic E-state index is 11.4. The molecule has 1 aromatic heterocycles. The van der Waals surface area contributed by atoms with Crippen molar-refractivity contribution in [2.45, 2.75) is 19.4 Å². The number of hydrogen-bond acceptors (Lipinski definition) is 4. The van der Waals surface area contributed by atoms with Gasteiger partial charge in [0.25, 0.3) is 0 Å². The number of carboxylic acid groups (broad SMARTS) is 1. The van der Waals surface area contributed by atoms with Gasteiger partial charge in [-0.3, -0.25) is 9.78 Å². The number of carbonyl (C=O) groups excluding carboxylic acids is 1. The molecule has 0 fully saturated rings. The highest BCUT2D eigenvalue weighted by atomic mass is 16.5. The van der Waals surface area contributed by atoms with Crippen LogP contribution in [0.1, 0.15) is 28.9 Å². The third-order valence-corrected chi connectivity index (χ3v) is 2.28. The van der Waals surface area contributed by atoms with Gasteiger partial charge in [0, 0.05) is 26.3 Å². The molecule has 0 aliphatic carbocycles. The maximum Gasteiger partial charge on any atom is 0.335 e. The number of methoxy groups -OCH3 is 1. The molecule has 1 amide bonds. The summed E-state index contributed by atoms with van der Waals surface area (Å²) in [6, 6.07) is 2.85. The van der Waals surface area contributed by atoms with Crippen LogP contribution < -0.4 is 5.32 Å². The molecule has 2 N–H and O–H groups in total. The van der Waals surface area contributed by atoms with Crippen molar-refractivity contribution in [1.29, 1.82) is 0 Å². The Morgan fingerprint density at radius 2 is 2.28 bits per heavy atom. The fraction of sp³-hybridized carbons (Fsp3) is 0.417. The first kappa shape index (κ1) is 14.1. The van der Waals surface area contributed by atoms with Crippen LogP contribution >= 0.6 is 0 Å². The highest BCUT2D eigenvalue weighted by Crippen LogP contribution is 2.02. The van der Waals surface area contributed by atoms with E-state index in [9.17, 15) is 9.59 Å². The van der Waals surface area contributed by atoms with Crippen LogP contribution in [0.2, 0.25) is 0 Å². The van der Waals surface area contributed by atoms with Gasteiger partial charge in [-0.15, -0.1) is 0 Å². The number of hydrogen-bond donors (Lipinski definition) is 2. The quantitative estimate of drug-likeness (QED) is 0.701. The molecule has 0 aromatic carbocycles. The van der Waals surface area contributed by atoms with E-state index in [0.29, 0.717) is 25.1 Å². The molecule has 0 atom stereocenters. The Morgan fingerprint density at radius 1 is 1.50 bits per heavy atom. The van der Waals surface area contributed by atoms with Crippen molar-refractivity contribution in [1.82, 2.24) is 10.3 Å². The number of nitrogens with zero attached hydrogens (tertiary/aromatic N) is 1. The van der Waals surface area contributed by atoms with Crippen molar-refractivity contribution in [2.24, 2.45) is 0 Å². The largest absolute Gasteiger partial charge is 0.478 e. The van der Waals surface area contributed by atoms with E-state index in [0.717, 1.165) is 0 Å². The van der Waals surface area contributed by atoms with Crippen molar-refractivity contribution in [3.8, 4) is 0 Å². The van der Waals surface area contributed by atoms with Crippen LogP contribution in [0.4, 0.5) is 0 Å². The number of nitrogens with one attached hydrogen (secondary N) is 1. The van der Waals surface area contributed by atoms with Crippen LogP contribution in [0, 0.1) is 0 Å². The van der Waals surface area contributed by atoms with Gasteiger partial charge in [0.1, 0.15) is 0 Å². The summed E-state index contributed by atoms with van der Waals surface area (Å²) in [4.78, 5) is 26.1. The lowest BCUT2D eigenvalue weighted by Gasteiger charge is -2.05. The lowest BCUT2D eigenvalue weighted by atomic mass is 10.2. The molecule has 6 heteroatoms. The minimum Gasteiger partial charge on any atom is -0.478 e. The molecule has 0 saturated carbocycles. The van der Waals surface area contributed by atoms with E-state index in [-0.39, 0.29) is 18.0 Å². The topological polar surface area (TPSA) is 88.5 Å². The Hall–Kier alpha value is -1.95. The third kappa shape index (κ3) is 4.92. The second-order valence-corrected chi connectivity index (χ2v) is 3.71. The van der Waals surface area contributed by atoms with Crippen molar-refractivity contribution >= 4 is 11.9 Å². The maximum atomic E-state index is 11.4.